The van der Waals surface area contributed by atoms with E-state index in [0.717, 1.165) is 90.6 Å². The number of aryl methyl sites for hydroxylation is 1. The van der Waals surface area contributed by atoms with Gasteiger partial charge in [0.15, 0.2) is 6.29 Å². The molecule has 5 nitrogen and oxygen atoms in total. The van der Waals surface area contributed by atoms with Gasteiger partial charge in [-0.25, -0.2) is 0 Å². The molecule has 2 fully saturated rings. The summed E-state index contributed by atoms with van der Waals surface area (Å²) < 4.78 is 15.5. The van der Waals surface area contributed by atoms with Crippen LogP contribution in [0.2, 0.25) is 0 Å². The van der Waals surface area contributed by atoms with Crippen LogP contribution >= 0.6 is 15.9 Å². The van der Waals surface area contributed by atoms with E-state index in [2.05, 4.69) is 67.9 Å². The quantitative estimate of drug-likeness (QED) is 0.279. The Morgan fingerprint density at radius 2 is 2.00 bits per heavy atom. The molecule has 0 spiro atoms. The Morgan fingerprint density at radius 1 is 1.08 bits per heavy atom. The summed E-state index contributed by atoms with van der Waals surface area (Å²) in [5, 5.41) is 1.29. The summed E-state index contributed by atoms with van der Waals surface area (Å²) in [6.45, 7) is 4.19. The van der Waals surface area contributed by atoms with Crippen molar-refractivity contribution in [1.29, 1.82) is 0 Å². The number of hydrogen-bond acceptors (Lipinski definition) is 3. The second kappa shape index (κ2) is 13.3. The molecule has 0 radical (unpaired) electrons. The summed E-state index contributed by atoms with van der Waals surface area (Å²) in [4.78, 5) is 15.3. The topological polar surface area (TPSA) is 43.7 Å². The van der Waals surface area contributed by atoms with Crippen molar-refractivity contribution in [1.82, 2.24) is 9.47 Å². The average molecular weight is 570 g/mol. The number of para-hydroxylation sites is 1. The van der Waals surface area contributed by atoms with Crippen molar-refractivity contribution in [2.75, 3.05) is 26.3 Å². The van der Waals surface area contributed by atoms with E-state index < -0.39 is 0 Å². The molecule has 2 unspecified atom stereocenters. The first-order valence-corrected chi connectivity index (χ1v) is 15.1. The fourth-order valence-corrected chi connectivity index (χ4v) is 6.36. The number of likely N-dealkylation sites (tertiary alicyclic amines) is 1. The average Bonchev–Trinajstić information content (AvgIpc) is 3.31. The van der Waals surface area contributed by atoms with E-state index in [4.69, 9.17) is 9.47 Å². The van der Waals surface area contributed by atoms with Crippen LogP contribution in [0.25, 0.3) is 10.9 Å². The summed E-state index contributed by atoms with van der Waals surface area (Å²) in [5.41, 5.74) is 4.13. The molecule has 200 valence electrons. The molecule has 1 aliphatic carbocycles. The predicted octanol–water partition coefficient (Wildman–Crippen LogP) is 7.45. The highest BCUT2D eigenvalue weighted by molar-refractivity contribution is 9.11. The molecule has 1 aromatic heterocycles. The van der Waals surface area contributed by atoms with Gasteiger partial charge in [0, 0.05) is 49.8 Å². The van der Waals surface area contributed by atoms with Crippen molar-refractivity contribution in [2.24, 2.45) is 0 Å². The van der Waals surface area contributed by atoms with Crippen molar-refractivity contribution in [3.8, 4) is 0 Å². The summed E-state index contributed by atoms with van der Waals surface area (Å²) in [6, 6.07) is 11.0. The van der Waals surface area contributed by atoms with Gasteiger partial charge in [-0.3, -0.25) is 4.79 Å². The third-order valence-electron chi connectivity index (χ3n) is 8.08. The van der Waals surface area contributed by atoms with E-state index >= 15 is 0 Å². The highest BCUT2D eigenvalue weighted by Crippen LogP contribution is 2.33. The van der Waals surface area contributed by atoms with Gasteiger partial charge in [0.05, 0.1) is 6.61 Å². The Balaban J connectivity index is 1.18. The summed E-state index contributed by atoms with van der Waals surface area (Å²) in [5.74, 6) is 0.706. The van der Waals surface area contributed by atoms with Gasteiger partial charge in [-0.15, -0.1) is 0 Å². The zero-order valence-electron chi connectivity index (χ0n) is 22.0. The van der Waals surface area contributed by atoms with Gasteiger partial charge in [0.25, 0.3) is 0 Å². The Morgan fingerprint density at radius 3 is 2.84 bits per heavy atom. The number of carbonyl (C=O) groups excluding carboxylic acids is 1. The second-order valence-electron chi connectivity index (χ2n) is 10.8. The molecule has 3 aliphatic rings. The summed E-state index contributed by atoms with van der Waals surface area (Å²) in [6.07, 6.45) is 15.7. The minimum Gasteiger partial charge on any atom is -0.353 e. The number of fused-ring (bicyclic) bond motifs is 1. The van der Waals surface area contributed by atoms with E-state index in [1.165, 1.54) is 33.1 Å². The number of benzene rings is 1. The van der Waals surface area contributed by atoms with Crippen LogP contribution in [0, 0.1) is 0 Å². The highest BCUT2D eigenvalue weighted by atomic mass is 79.9. The minimum atomic E-state index is -0.0275. The number of nitrogens with zero attached hydrogens (tertiary/aromatic N) is 2. The van der Waals surface area contributed by atoms with Gasteiger partial charge in [-0.2, -0.15) is 0 Å². The molecular weight excluding hydrogens is 528 g/mol. The molecule has 0 saturated carbocycles. The smallest absolute Gasteiger partial charge is 0.222 e. The Labute approximate surface area is 230 Å². The molecule has 6 heteroatoms. The standard InChI is InChI=1S/C31H41BrN2O3/c32-27-16-14-24(15-17-27)8-5-12-30(35)33-18-6-10-26(23-33)29-22-25-9-1-2-11-28(25)34(29)19-7-21-37-31-13-3-4-20-36-31/h1-2,9,11,14,16,22,26,31H,3-8,10,12-13,15,17-21,23H2. The number of piperidine rings is 1. The van der Waals surface area contributed by atoms with Crippen LogP contribution in [-0.2, 0) is 20.8 Å². The lowest BCUT2D eigenvalue weighted by Crippen LogP contribution is -2.39. The van der Waals surface area contributed by atoms with Gasteiger partial charge in [-0.1, -0.05) is 51.9 Å². The maximum absolute atomic E-state index is 13.1. The second-order valence-corrected chi connectivity index (χ2v) is 11.8. The summed E-state index contributed by atoms with van der Waals surface area (Å²) >= 11 is 3.58. The third kappa shape index (κ3) is 7.15. The lowest BCUT2D eigenvalue weighted by Gasteiger charge is -2.33. The van der Waals surface area contributed by atoms with Gasteiger partial charge < -0.3 is 18.9 Å². The molecule has 1 amide bonds. The van der Waals surface area contributed by atoms with Gasteiger partial charge in [0.1, 0.15) is 0 Å². The SMILES string of the molecule is O=C(CCCC1=CC=C(Br)CC1)N1CCCC(c2cc3ccccc3n2CCCOC2CCCCO2)C1. The first kappa shape index (κ1) is 26.7. The van der Waals surface area contributed by atoms with Crippen molar-refractivity contribution >= 4 is 32.7 Å². The number of rotatable bonds is 10. The van der Waals surface area contributed by atoms with Crippen LogP contribution in [0.5, 0.6) is 0 Å². The van der Waals surface area contributed by atoms with Crippen LogP contribution in [0.15, 0.2) is 52.5 Å². The lowest BCUT2D eigenvalue weighted by molar-refractivity contribution is -0.163. The van der Waals surface area contributed by atoms with Crippen LogP contribution in [0.4, 0.5) is 0 Å². The number of allylic oxidation sites excluding steroid dienone is 4. The van der Waals surface area contributed by atoms with Crippen LogP contribution in [-0.4, -0.2) is 48.0 Å². The molecule has 1 aromatic carbocycles. The van der Waals surface area contributed by atoms with Crippen molar-refractivity contribution in [3.05, 3.63) is 58.2 Å². The Bertz CT molecular complexity index is 1110. The monoisotopic (exact) mass is 568 g/mol. The fraction of sp³-hybridized carbons (Fsp3) is 0.581. The number of hydrogen-bond donors (Lipinski definition) is 0. The van der Waals surface area contributed by atoms with E-state index in [1.807, 2.05) is 0 Å². The molecule has 3 heterocycles. The maximum atomic E-state index is 13.1. The molecule has 0 bridgehead atoms. The van der Waals surface area contributed by atoms with Crippen molar-refractivity contribution < 1.29 is 14.3 Å². The molecule has 2 aliphatic heterocycles. The maximum Gasteiger partial charge on any atom is 0.222 e. The van der Waals surface area contributed by atoms with E-state index in [0.29, 0.717) is 18.2 Å². The van der Waals surface area contributed by atoms with Crippen LogP contribution < -0.4 is 0 Å². The first-order valence-electron chi connectivity index (χ1n) is 14.3. The van der Waals surface area contributed by atoms with E-state index in [1.54, 1.807) is 0 Å². The van der Waals surface area contributed by atoms with Gasteiger partial charge in [-0.05, 0) is 86.2 Å². The number of halogens is 1. The van der Waals surface area contributed by atoms with Crippen LogP contribution in [0.3, 0.4) is 0 Å². The molecule has 2 aromatic rings. The zero-order chi connectivity index (χ0) is 25.5. The Hall–Kier alpha value is -1.89. The minimum absolute atomic E-state index is 0.0275. The van der Waals surface area contributed by atoms with E-state index in [9.17, 15) is 4.79 Å². The number of ether oxygens (including phenoxy) is 2. The normalized spacial score (nSPS) is 22.7. The first-order chi connectivity index (χ1) is 18.2. The largest absolute Gasteiger partial charge is 0.353 e. The molecule has 2 atom stereocenters. The molecular formula is C31H41BrN2O3. The number of amides is 1. The summed E-state index contributed by atoms with van der Waals surface area (Å²) in [7, 11) is 0. The zero-order valence-corrected chi connectivity index (χ0v) is 23.6. The van der Waals surface area contributed by atoms with Gasteiger partial charge in [0.2, 0.25) is 5.91 Å². The predicted molar refractivity (Wildman–Crippen MR) is 153 cm³/mol. The molecule has 37 heavy (non-hydrogen) atoms. The number of aromatic nitrogens is 1. The van der Waals surface area contributed by atoms with Crippen LogP contribution in [0.1, 0.15) is 82.2 Å². The lowest BCUT2D eigenvalue weighted by atomic mass is 9.93. The molecule has 0 N–H and O–H groups in total. The fourth-order valence-electron chi connectivity index (χ4n) is 6.03. The highest BCUT2D eigenvalue weighted by Gasteiger charge is 2.27. The molecule has 5 rings (SSSR count). The third-order valence-corrected chi connectivity index (χ3v) is 8.74. The number of carbonyl (C=O) groups is 1. The van der Waals surface area contributed by atoms with Crippen molar-refractivity contribution in [3.63, 3.8) is 0 Å². The van der Waals surface area contributed by atoms with Gasteiger partial charge >= 0.3 is 0 Å². The van der Waals surface area contributed by atoms with E-state index in [-0.39, 0.29) is 6.29 Å². The molecule has 2 saturated heterocycles. The Kier molecular flexibility index (Phi) is 9.57. The van der Waals surface area contributed by atoms with Crippen molar-refractivity contribution in [2.45, 2.75) is 89.4 Å².